The normalized spacial score (nSPS) is 10.7. The van der Waals surface area contributed by atoms with E-state index < -0.39 is 28.4 Å². The number of nitrogens with zero attached hydrogens (tertiary/aromatic N) is 1. The van der Waals surface area contributed by atoms with Crippen LogP contribution in [-0.4, -0.2) is 4.98 Å². The summed E-state index contributed by atoms with van der Waals surface area (Å²) in [6.45, 7) is 0. The Balaban J connectivity index is 2.46. The zero-order valence-electron chi connectivity index (χ0n) is 8.55. The first-order valence-corrected chi connectivity index (χ1v) is 6.23. The summed E-state index contributed by atoms with van der Waals surface area (Å²) in [6, 6.07) is 6.48. The van der Waals surface area contributed by atoms with Crippen LogP contribution in [0.4, 0.5) is 17.6 Å². The van der Waals surface area contributed by atoms with Gasteiger partial charge in [-0.2, -0.15) is 13.8 Å². The van der Waals surface area contributed by atoms with Crippen molar-refractivity contribution in [1.82, 2.24) is 4.98 Å². The van der Waals surface area contributed by atoms with E-state index >= 15 is 0 Å². The number of benzene rings is 1. The van der Waals surface area contributed by atoms with Crippen LogP contribution in [0.25, 0.3) is 0 Å². The largest absolute Gasteiger partial charge is 0.252 e. The van der Waals surface area contributed by atoms with Gasteiger partial charge < -0.3 is 0 Å². The van der Waals surface area contributed by atoms with Crippen LogP contribution in [0.2, 0.25) is 0 Å². The summed E-state index contributed by atoms with van der Waals surface area (Å²) in [4.78, 5) is 2.17. The summed E-state index contributed by atoms with van der Waals surface area (Å²) in [5, 5.41) is 0. The minimum absolute atomic E-state index is 0.437. The van der Waals surface area contributed by atoms with E-state index in [9.17, 15) is 17.6 Å². The molecule has 0 saturated heterocycles. The van der Waals surface area contributed by atoms with Gasteiger partial charge in [0.1, 0.15) is 0 Å². The molecule has 0 N–H and O–H groups in total. The predicted octanol–water partition coefficient (Wildman–Crippen LogP) is 4.55. The molecule has 1 aromatic heterocycles. The molecule has 2 aromatic rings. The summed E-state index contributed by atoms with van der Waals surface area (Å²) in [6.07, 6.45) is 0. The molecule has 1 heterocycles. The fraction of sp³-hybridized carbons (Fsp3) is 0. The van der Waals surface area contributed by atoms with Crippen LogP contribution >= 0.6 is 27.7 Å². The minimum atomic E-state index is -1.66. The Morgan fingerprint density at radius 3 is 2.17 bits per heavy atom. The van der Waals surface area contributed by atoms with Crippen LogP contribution < -0.4 is 0 Å². The first kappa shape index (κ1) is 13.4. The van der Waals surface area contributed by atoms with Gasteiger partial charge in [-0.15, -0.1) is 0 Å². The lowest BCUT2D eigenvalue weighted by atomic mass is 10.4. The average molecular weight is 338 g/mol. The van der Waals surface area contributed by atoms with Crippen molar-refractivity contribution in [1.29, 1.82) is 0 Å². The van der Waals surface area contributed by atoms with E-state index in [0.29, 0.717) is 21.1 Å². The monoisotopic (exact) mass is 337 g/mol. The maximum Gasteiger partial charge on any atom is 0.252 e. The second-order valence-corrected chi connectivity index (χ2v) is 5.21. The molecular formula is C11H4BrF4NS. The molecule has 2 rings (SSSR count). The van der Waals surface area contributed by atoms with Crippen molar-refractivity contribution in [3.05, 3.63) is 52.3 Å². The molecule has 94 valence electrons. The summed E-state index contributed by atoms with van der Waals surface area (Å²) in [5.74, 6) is -6.32. The SMILES string of the molecule is Fc1nc(F)c(F)c(Sc2cccc(Br)c2)c1F. The third-order valence-electron chi connectivity index (χ3n) is 1.97. The lowest BCUT2D eigenvalue weighted by molar-refractivity contribution is 0.383. The zero-order chi connectivity index (χ0) is 13.3. The van der Waals surface area contributed by atoms with E-state index in [-0.39, 0.29) is 0 Å². The van der Waals surface area contributed by atoms with E-state index in [1.165, 1.54) is 0 Å². The Hall–Kier alpha value is -1.08. The molecule has 0 aliphatic heterocycles. The first-order chi connectivity index (χ1) is 8.49. The number of aromatic nitrogens is 1. The van der Waals surface area contributed by atoms with Gasteiger partial charge in [-0.25, -0.2) is 8.78 Å². The lowest BCUT2D eigenvalue weighted by Gasteiger charge is -2.06. The van der Waals surface area contributed by atoms with Crippen molar-refractivity contribution in [3.8, 4) is 0 Å². The maximum atomic E-state index is 13.4. The fourth-order valence-electron chi connectivity index (χ4n) is 1.21. The Bertz CT molecular complexity index is 580. The molecule has 18 heavy (non-hydrogen) atoms. The van der Waals surface area contributed by atoms with Crippen LogP contribution in [0.5, 0.6) is 0 Å². The van der Waals surface area contributed by atoms with Gasteiger partial charge in [0.2, 0.25) is 0 Å². The number of rotatable bonds is 2. The summed E-state index contributed by atoms with van der Waals surface area (Å²) < 4.78 is 53.2. The molecule has 1 aromatic carbocycles. The van der Waals surface area contributed by atoms with Crippen LogP contribution in [0, 0.1) is 23.5 Å². The fourth-order valence-corrected chi connectivity index (χ4v) is 2.67. The van der Waals surface area contributed by atoms with Crippen LogP contribution in [0.3, 0.4) is 0 Å². The molecule has 1 nitrogen and oxygen atoms in total. The highest BCUT2D eigenvalue weighted by molar-refractivity contribution is 9.10. The van der Waals surface area contributed by atoms with Gasteiger partial charge in [-0.05, 0) is 18.2 Å². The third-order valence-corrected chi connectivity index (χ3v) is 3.52. The van der Waals surface area contributed by atoms with Gasteiger partial charge in [0, 0.05) is 9.37 Å². The van der Waals surface area contributed by atoms with Gasteiger partial charge in [0.25, 0.3) is 11.9 Å². The van der Waals surface area contributed by atoms with Crippen LogP contribution in [-0.2, 0) is 0 Å². The molecule has 0 aliphatic rings. The molecule has 0 bridgehead atoms. The molecule has 0 fully saturated rings. The number of hydrogen-bond acceptors (Lipinski definition) is 2. The zero-order valence-corrected chi connectivity index (χ0v) is 11.0. The lowest BCUT2D eigenvalue weighted by Crippen LogP contribution is -2.01. The Morgan fingerprint density at radius 2 is 1.61 bits per heavy atom. The Kier molecular flexibility index (Phi) is 3.91. The standard InChI is InChI=1S/C11H4BrF4NS/c12-5-2-1-3-6(4-5)18-9-7(13)10(15)17-11(16)8(9)14/h1-4H. The number of hydrogen-bond donors (Lipinski definition) is 0. The summed E-state index contributed by atoms with van der Waals surface area (Å²) in [5.41, 5.74) is 0. The smallest absolute Gasteiger partial charge is 0.201 e. The second kappa shape index (κ2) is 5.27. The van der Waals surface area contributed by atoms with Crippen LogP contribution in [0.1, 0.15) is 0 Å². The number of pyridine rings is 1. The molecule has 7 heteroatoms. The first-order valence-electron chi connectivity index (χ1n) is 4.62. The minimum Gasteiger partial charge on any atom is -0.201 e. The molecule has 0 aliphatic carbocycles. The van der Waals surface area contributed by atoms with Gasteiger partial charge in [0.15, 0.2) is 11.6 Å². The van der Waals surface area contributed by atoms with E-state index in [4.69, 9.17) is 0 Å². The molecule has 0 spiro atoms. The molecule has 0 atom stereocenters. The van der Waals surface area contributed by atoms with Crippen molar-refractivity contribution < 1.29 is 17.6 Å². The molecular weight excluding hydrogens is 334 g/mol. The maximum absolute atomic E-state index is 13.4. The highest BCUT2D eigenvalue weighted by Crippen LogP contribution is 2.34. The molecule has 0 unspecified atom stereocenters. The van der Waals surface area contributed by atoms with E-state index in [2.05, 4.69) is 20.9 Å². The molecule has 0 amide bonds. The predicted molar refractivity (Wildman–Crippen MR) is 62.3 cm³/mol. The second-order valence-electron chi connectivity index (χ2n) is 3.21. The van der Waals surface area contributed by atoms with Crippen molar-refractivity contribution in [3.63, 3.8) is 0 Å². The highest BCUT2D eigenvalue weighted by Gasteiger charge is 2.21. The van der Waals surface area contributed by atoms with Crippen LogP contribution in [0.15, 0.2) is 38.5 Å². The summed E-state index contributed by atoms with van der Waals surface area (Å²) >= 11 is 3.76. The van der Waals surface area contributed by atoms with Crippen molar-refractivity contribution in [2.45, 2.75) is 9.79 Å². The Labute approximate surface area is 112 Å². The van der Waals surface area contributed by atoms with Gasteiger partial charge >= 0.3 is 0 Å². The number of halogens is 5. The third kappa shape index (κ3) is 2.67. The highest BCUT2D eigenvalue weighted by atomic mass is 79.9. The van der Waals surface area contributed by atoms with Gasteiger partial charge in [-0.3, -0.25) is 0 Å². The van der Waals surface area contributed by atoms with Gasteiger partial charge in [-0.1, -0.05) is 33.8 Å². The quantitative estimate of drug-likeness (QED) is 0.589. The van der Waals surface area contributed by atoms with E-state index in [1.54, 1.807) is 24.3 Å². The van der Waals surface area contributed by atoms with Crippen molar-refractivity contribution >= 4 is 27.7 Å². The Morgan fingerprint density at radius 1 is 1.00 bits per heavy atom. The molecule has 0 radical (unpaired) electrons. The summed E-state index contributed by atoms with van der Waals surface area (Å²) in [7, 11) is 0. The average Bonchev–Trinajstić information content (AvgIpc) is 2.32. The van der Waals surface area contributed by atoms with E-state index in [0.717, 1.165) is 0 Å². The van der Waals surface area contributed by atoms with Crippen molar-refractivity contribution in [2.75, 3.05) is 0 Å². The molecule has 0 saturated carbocycles. The topological polar surface area (TPSA) is 12.9 Å². The van der Waals surface area contributed by atoms with Crippen molar-refractivity contribution in [2.24, 2.45) is 0 Å². The van der Waals surface area contributed by atoms with E-state index in [1.807, 2.05) is 0 Å². The van der Waals surface area contributed by atoms with Gasteiger partial charge in [0.05, 0.1) is 4.90 Å².